The molecule has 0 spiro atoms. The molecule has 1 aromatic carbocycles. The smallest absolute Gasteiger partial charge is 0.328 e. The fourth-order valence-corrected chi connectivity index (χ4v) is 2.01. The lowest BCUT2D eigenvalue weighted by molar-refractivity contribution is -0.140. The molecule has 23 heavy (non-hydrogen) atoms. The van der Waals surface area contributed by atoms with E-state index in [0.717, 1.165) is 0 Å². The van der Waals surface area contributed by atoms with E-state index in [1.165, 1.54) is 12.4 Å². The van der Waals surface area contributed by atoms with Gasteiger partial charge < -0.3 is 15.5 Å². The maximum absolute atomic E-state index is 12.0. The lowest BCUT2D eigenvalue weighted by Gasteiger charge is -2.11. The van der Waals surface area contributed by atoms with Crippen LogP contribution in [-0.4, -0.2) is 44.7 Å². The van der Waals surface area contributed by atoms with Gasteiger partial charge in [-0.1, -0.05) is 29.3 Å². The van der Waals surface area contributed by atoms with Crippen molar-refractivity contribution in [2.75, 3.05) is 6.61 Å². The van der Waals surface area contributed by atoms with Crippen molar-refractivity contribution >= 4 is 35.1 Å². The Labute approximate surface area is 140 Å². The van der Waals surface area contributed by atoms with Gasteiger partial charge in [-0.15, -0.1) is 0 Å². The van der Waals surface area contributed by atoms with Gasteiger partial charge in [0.25, 0.3) is 5.91 Å². The van der Waals surface area contributed by atoms with Crippen LogP contribution in [0, 0.1) is 0 Å². The standard InChI is InChI=1S/C14H11Cl2N3O4/c15-8-2-1-7(3-9(8)16)10-4-11(18-6-17-10)13(21)19-12(5-20)14(22)23/h1-4,6,12,20H,5H2,(H,19,21)(H,22,23). The highest BCUT2D eigenvalue weighted by Crippen LogP contribution is 2.27. The van der Waals surface area contributed by atoms with Crippen LogP contribution in [0.3, 0.4) is 0 Å². The number of aliphatic carboxylic acids is 1. The zero-order valence-electron chi connectivity index (χ0n) is 11.5. The SMILES string of the molecule is O=C(NC(CO)C(=O)O)c1cc(-c2ccc(Cl)c(Cl)c2)ncn1. The fourth-order valence-electron chi connectivity index (χ4n) is 1.71. The van der Waals surface area contributed by atoms with Gasteiger partial charge in [0.1, 0.15) is 12.0 Å². The molecule has 0 bridgehead atoms. The topological polar surface area (TPSA) is 112 Å². The van der Waals surface area contributed by atoms with Gasteiger partial charge in [0.05, 0.1) is 22.3 Å². The van der Waals surface area contributed by atoms with Gasteiger partial charge in [0.2, 0.25) is 0 Å². The van der Waals surface area contributed by atoms with E-state index in [9.17, 15) is 9.59 Å². The number of hydrogen-bond donors (Lipinski definition) is 3. The van der Waals surface area contributed by atoms with Crippen molar-refractivity contribution in [3.63, 3.8) is 0 Å². The molecule has 0 fully saturated rings. The number of carbonyl (C=O) groups excluding carboxylic acids is 1. The molecule has 2 rings (SSSR count). The molecule has 0 saturated carbocycles. The van der Waals surface area contributed by atoms with E-state index < -0.39 is 24.5 Å². The van der Waals surface area contributed by atoms with E-state index in [0.29, 0.717) is 21.3 Å². The molecule has 1 amide bonds. The first-order chi connectivity index (χ1) is 10.9. The number of nitrogens with one attached hydrogen (secondary N) is 1. The first-order valence-electron chi connectivity index (χ1n) is 6.34. The zero-order valence-corrected chi connectivity index (χ0v) is 13.0. The number of aromatic nitrogens is 2. The highest BCUT2D eigenvalue weighted by molar-refractivity contribution is 6.42. The second-order valence-corrected chi connectivity index (χ2v) is 5.28. The normalized spacial score (nSPS) is 11.8. The Morgan fingerprint density at radius 3 is 2.52 bits per heavy atom. The van der Waals surface area contributed by atoms with E-state index in [1.807, 2.05) is 0 Å². The molecule has 0 aliphatic carbocycles. The van der Waals surface area contributed by atoms with E-state index in [1.54, 1.807) is 18.2 Å². The van der Waals surface area contributed by atoms with Crippen LogP contribution in [-0.2, 0) is 4.79 Å². The van der Waals surface area contributed by atoms with Crippen LogP contribution < -0.4 is 5.32 Å². The van der Waals surface area contributed by atoms with Crippen molar-refractivity contribution < 1.29 is 19.8 Å². The molecule has 1 atom stereocenters. The van der Waals surface area contributed by atoms with Gasteiger partial charge in [-0.05, 0) is 18.2 Å². The van der Waals surface area contributed by atoms with Crippen molar-refractivity contribution in [2.45, 2.75) is 6.04 Å². The molecular weight excluding hydrogens is 345 g/mol. The Balaban J connectivity index is 2.27. The summed E-state index contributed by atoms with van der Waals surface area (Å²) in [5, 5.41) is 20.6. The number of nitrogens with zero attached hydrogens (tertiary/aromatic N) is 2. The number of aliphatic hydroxyl groups excluding tert-OH is 1. The van der Waals surface area contributed by atoms with E-state index >= 15 is 0 Å². The summed E-state index contributed by atoms with van der Waals surface area (Å²) in [6.45, 7) is -0.730. The highest BCUT2D eigenvalue weighted by Gasteiger charge is 2.20. The first-order valence-corrected chi connectivity index (χ1v) is 7.10. The first kappa shape index (κ1) is 17.1. The number of rotatable bonds is 5. The average molecular weight is 356 g/mol. The Morgan fingerprint density at radius 1 is 1.17 bits per heavy atom. The fraction of sp³-hybridized carbons (Fsp3) is 0.143. The van der Waals surface area contributed by atoms with Gasteiger partial charge in [0, 0.05) is 5.56 Å². The quantitative estimate of drug-likeness (QED) is 0.751. The van der Waals surface area contributed by atoms with E-state index in [-0.39, 0.29) is 5.69 Å². The summed E-state index contributed by atoms with van der Waals surface area (Å²) in [7, 11) is 0. The molecule has 7 nitrogen and oxygen atoms in total. The largest absolute Gasteiger partial charge is 0.480 e. The molecule has 1 unspecified atom stereocenters. The van der Waals surface area contributed by atoms with Gasteiger partial charge in [0.15, 0.2) is 6.04 Å². The molecule has 0 aliphatic heterocycles. The molecule has 0 radical (unpaired) electrons. The lowest BCUT2D eigenvalue weighted by Crippen LogP contribution is -2.43. The summed E-state index contributed by atoms with van der Waals surface area (Å²) in [6.07, 6.45) is 1.17. The predicted octanol–water partition coefficient (Wildman–Crippen LogP) is 1.63. The van der Waals surface area contributed by atoms with Crippen molar-refractivity contribution in [3.05, 3.63) is 46.3 Å². The van der Waals surface area contributed by atoms with Crippen LogP contribution >= 0.6 is 23.2 Å². The third-order valence-corrected chi connectivity index (χ3v) is 3.64. The van der Waals surface area contributed by atoms with E-state index in [4.69, 9.17) is 33.4 Å². The number of halogens is 2. The Hall–Kier alpha value is -2.22. The number of benzene rings is 1. The molecule has 9 heteroatoms. The van der Waals surface area contributed by atoms with Crippen molar-refractivity contribution in [3.8, 4) is 11.3 Å². The molecule has 0 aliphatic rings. The van der Waals surface area contributed by atoms with Gasteiger partial charge in [-0.3, -0.25) is 4.79 Å². The Kier molecular flexibility index (Phi) is 5.49. The van der Waals surface area contributed by atoms with Crippen molar-refractivity contribution in [2.24, 2.45) is 0 Å². The number of carbonyl (C=O) groups is 2. The third kappa shape index (κ3) is 4.16. The number of carboxylic acids is 1. The summed E-state index contributed by atoms with van der Waals surface area (Å²) in [5.41, 5.74) is 0.994. The van der Waals surface area contributed by atoms with Crippen LogP contribution in [0.1, 0.15) is 10.5 Å². The summed E-state index contributed by atoms with van der Waals surface area (Å²) in [5.74, 6) is -2.09. The number of aliphatic hydroxyl groups is 1. The lowest BCUT2D eigenvalue weighted by atomic mass is 10.1. The van der Waals surface area contributed by atoms with E-state index in [2.05, 4.69) is 15.3 Å². The third-order valence-electron chi connectivity index (χ3n) is 2.90. The molecule has 3 N–H and O–H groups in total. The molecule has 2 aromatic rings. The van der Waals surface area contributed by atoms with Crippen LogP contribution in [0.25, 0.3) is 11.3 Å². The molecule has 120 valence electrons. The monoisotopic (exact) mass is 355 g/mol. The summed E-state index contributed by atoms with van der Waals surface area (Å²) in [4.78, 5) is 30.7. The molecular formula is C14H11Cl2N3O4. The Morgan fingerprint density at radius 2 is 1.91 bits per heavy atom. The summed E-state index contributed by atoms with van der Waals surface area (Å²) < 4.78 is 0. The van der Waals surface area contributed by atoms with Crippen LogP contribution in [0.2, 0.25) is 10.0 Å². The van der Waals surface area contributed by atoms with Gasteiger partial charge in [-0.2, -0.15) is 0 Å². The van der Waals surface area contributed by atoms with Crippen molar-refractivity contribution in [1.82, 2.24) is 15.3 Å². The second kappa shape index (κ2) is 7.36. The zero-order chi connectivity index (χ0) is 17.0. The minimum atomic E-state index is -1.41. The van der Waals surface area contributed by atoms with Crippen molar-refractivity contribution in [1.29, 1.82) is 0 Å². The minimum Gasteiger partial charge on any atom is -0.480 e. The molecule has 0 saturated heterocycles. The van der Waals surface area contributed by atoms with Crippen LogP contribution in [0.4, 0.5) is 0 Å². The maximum Gasteiger partial charge on any atom is 0.328 e. The average Bonchev–Trinajstić information content (AvgIpc) is 2.54. The summed E-state index contributed by atoms with van der Waals surface area (Å²) >= 11 is 11.8. The number of carboxylic acid groups (broad SMARTS) is 1. The van der Waals surface area contributed by atoms with Crippen LogP contribution in [0.15, 0.2) is 30.6 Å². The molecule has 1 aromatic heterocycles. The molecule has 1 heterocycles. The highest BCUT2D eigenvalue weighted by atomic mass is 35.5. The minimum absolute atomic E-state index is 0.0410. The maximum atomic E-state index is 12.0. The number of hydrogen-bond acceptors (Lipinski definition) is 5. The predicted molar refractivity (Wildman–Crippen MR) is 83.5 cm³/mol. The second-order valence-electron chi connectivity index (χ2n) is 4.46. The Bertz CT molecular complexity index is 755. The summed E-state index contributed by atoms with van der Waals surface area (Å²) in [6, 6.07) is 4.82. The van der Waals surface area contributed by atoms with Crippen LogP contribution in [0.5, 0.6) is 0 Å². The van der Waals surface area contributed by atoms with Gasteiger partial charge in [-0.25, -0.2) is 14.8 Å². The van der Waals surface area contributed by atoms with Gasteiger partial charge >= 0.3 is 5.97 Å². The number of amides is 1.